The third kappa shape index (κ3) is 18.5. The molecule has 5 amide bonds. The molecule has 574 valence electrons. The zero-order valence-electron chi connectivity index (χ0n) is 60.9. The molecular formula is C78H85BrN16O10S5. The number of hydrogen-bond acceptors (Lipinski definition) is 25. The Balaban J connectivity index is 0.000000135. The van der Waals surface area contributed by atoms with Crippen LogP contribution in [0.15, 0.2) is 185 Å². The number of halogens is 1. The Hall–Kier alpha value is -10.5. The number of amides is 5. The molecule has 0 aliphatic carbocycles. The average Bonchev–Trinajstić information content (AvgIpc) is 1.60. The summed E-state index contributed by atoms with van der Waals surface area (Å²) in [7, 11) is 0. The van der Waals surface area contributed by atoms with E-state index < -0.39 is 28.7 Å². The molecule has 0 bridgehead atoms. The maximum Gasteiger partial charge on any atom is 0.412 e. The SMILES string of the molecule is CC(C)(C)OC(=O)Nc1ccc(-c2cccs2)cc1N.CCOC(=O)c1cnc(Br)s1.Nc1ccc(-c2cccs2)cc1NC(=O)c1cnc(N2CCC3(CC2)C(=O)NCN3c2ccccc2)s1.O=C(O)c1cnc(N2CCC3(CC2)C(=O)NCN3c2ccccc2)s1.O=C1NCN(c2ccccc2)C12CCNCC2. The van der Waals surface area contributed by atoms with Crippen molar-refractivity contribution < 1.29 is 48.1 Å². The molecule has 110 heavy (non-hydrogen) atoms. The van der Waals surface area contributed by atoms with Crippen LogP contribution in [0.25, 0.3) is 20.9 Å². The van der Waals surface area contributed by atoms with Crippen LogP contribution in [-0.4, -0.2) is 150 Å². The van der Waals surface area contributed by atoms with E-state index in [9.17, 15) is 33.6 Å². The van der Waals surface area contributed by atoms with E-state index in [4.69, 9.17) is 26.0 Å². The van der Waals surface area contributed by atoms with Crippen molar-refractivity contribution in [3.63, 3.8) is 0 Å². The Morgan fingerprint density at radius 2 is 1.00 bits per heavy atom. The summed E-state index contributed by atoms with van der Waals surface area (Å²) in [4.78, 5) is 111. The number of para-hydroxylation sites is 3. The van der Waals surface area contributed by atoms with Gasteiger partial charge in [-0.25, -0.2) is 29.3 Å². The number of aromatic carboxylic acids is 1. The van der Waals surface area contributed by atoms with Gasteiger partial charge in [0, 0.05) is 53.0 Å². The number of piperidine rings is 3. The highest BCUT2D eigenvalue weighted by molar-refractivity contribution is 9.11. The first-order valence-electron chi connectivity index (χ1n) is 35.7. The molecule has 16 rings (SSSR count). The second kappa shape index (κ2) is 35.5. The van der Waals surface area contributed by atoms with E-state index in [1.54, 1.807) is 41.9 Å². The minimum atomic E-state index is -0.956. The van der Waals surface area contributed by atoms with Gasteiger partial charge in [-0.15, -0.1) is 34.0 Å². The van der Waals surface area contributed by atoms with E-state index >= 15 is 0 Å². The fourth-order valence-corrected chi connectivity index (χ4v) is 18.1. The zero-order valence-corrected chi connectivity index (χ0v) is 66.6. The number of anilines is 9. The van der Waals surface area contributed by atoms with Crippen molar-refractivity contribution in [2.24, 2.45) is 0 Å². The van der Waals surface area contributed by atoms with Gasteiger partial charge in [0.15, 0.2) is 14.2 Å². The van der Waals surface area contributed by atoms with Gasteiger partial charge in [0.25, 0.3) is 5.91 Å². The Kier molecular flexibility index (Phi) is 25.5. The number of rotatable bonds is 13. The zero-order chi connectivity index (χ0) is 77.6. The lowest BCUT2D eigenvalue weighted by molar-refractivity contribution is -0.125. The van der Waals surface area contributed by atoms with Crippen molar-refractivity contribution in [1.29, 1.82) is 0 Å². The van der Waals surface area contributed by atoms with Crippen LogP contribution < -0.4 is 67.9 Å². The van der Waals surface area contributed by atoms with E-state index in [0.717, 1.165) is 69.0 Å². The van der Waals surface area contributed by atoms with Crippen molar-refractivity contribution >= 4 is 164 Å². The number of thiazole rings is 3. The standard InChI is InChI=1S/C27H26N6O2S2.C17H18N4O3S.C15H18N2O2S.C13H17N3O.C6H6BrNO2S/c28-20-9-8-18(22-7-4-14-36-22)15-21(20)31-24(34)23-16-29-26(37-23)32-12-10-27(11-13-32)25(35)30-17-33(27)19-5-2-1-3-6-19;22-14(23)13-10-18-16(25-13)20-8-6-17(7-9-20)15(24)19-11-21(17)12-4-2-1-3-5-12;1-15(2,3)19-14(18)17-12-7-6-10(9-11(12)16)13-5-4-8-20-13;17-12-13(6-8-14-9-7-13)16(10-15-12)11-4-2-1-3-5-11;1-2-10-5(9)4-3-8-6(7)11-4/h1-9,14-16H,10-13,17,28H2,(H,30,35)(H,31,34);1-5,10H,6-9,11H2,(H,19,24)(H,22,23);4-9H,16H2,1-3H3,(H,17,18);1-5,14H,6-10H2,(H,15,17);3H,2H2,1H3. The molecule has 11 N–H and O–H groups in total. The lowest BCUT2D eigenvalue weighted by Gasteiger charge is -2.43. The highest BCUT2D eigenvalue weighted by atomic mass is 79.9. The number of nitrogens with two attached hydrogens (primary N) is 2. The van der Waals surface area contributed by atoms with Crippen molar-refractivity contribution in [2.45, 2.75) is 88.4 Å². The van der Waals surface area contributed by atoms with Crippen LogP contribution in [0.5, 0.6) is 0 Å². The molecule has 3 spiro atoms. The molecule has 5 aromatic carbocycles. The largest absolute Gasteiger partial charge is 0.477 e. The quantitative estimate of drug-likeness (QED) is 0.0382. The summed E-state index contributed by atoms with van der Waals surface area (Å²) in [5, 5.41) is 32.5. The Bertz CT molecular complexity index is 4810. The summed E-state index contributed by atoms with van der Waals surface area (Å²) < 4.78 is 10.6. The maximum absolute atomic E-state index is 13.0. The first kappa shape index (κ1) is 79.1. The summed E-state index contributed by atoms with van der Waals surface area (Å²) in [6.45, 7) is 13.8. The Morgan fingerprint density at radius 1 is 0.545 bits per heavy atom. The van der Waals surface area contributed by atoms with Gasteiger partial charge in [-0.05, 0) is 190 Å². The number of thiophene rings is 2. The van der Waals surface area contributed by atoms with Gasteiger partial charge in [0.2, 0.25) is 17.7 Å². The van der Waals surface area contributed by atoms with Crippen LogP contribution in [0.3, 0.4) is 0 Å². The first-order valence-corrected chi connectivity index (χ1v) is 40.7. The lowest BCUT2D eigenvalue weighted by atomic mass is 9.86. The lowest BCUT2D eigenvalue weighted by Crippen LogP contribution is -2.56. The molecule has 0 unspecified atom stereocenters. The third-order valence-corrected chi connectivity index (χ3v) is 24.7. The van der Waals surface area contributed by atoms with Gasteiger partial charge >= 0.3 is 18.0 Å². The highest BCUT2D eigenvalue weighted by Gasteiger charge is 2.53. The molecular weight excluding hydrogens is 1560 g/mol. The molecule has 6 fully saturated rings. The smallest absolute Gasteiger partial charge is 0.412 e. The second-order valence-corrected chi connectivity index (χ2v) is 33.5. The minimum Gasteiger partial charge on any atom is -0.477 e. The monoisotopic (exact) mass is 1640 g/mol. The molecule has 10 aromatic rings. The van der Waals surface area contributed by atoms with E-state index in [-0.39, 0.29) is 40.0 Å². The molecule has 11 heterocycles. The summed E-state index contributed by atoms with van der Waals surface area (Å²) in [6, 6.07) is 49.5. The van der Waals surface area contributed by atoms with Crippen molar-refractivity contribution in [3.8, 4) is 20.9 Å². The fraction of sp³-hybridized carbons (Fsp3) is 0.308. The molecule has 5 aromatic heterocycles. The summed E-state index contributed by atoms with van der Waals surface area (Å²) in [5.41, 5.74) is 17.6. The topological polar surface area (TPSA) is 337 Å². The molecule has 6 aliphatic rings. The minimum absolute atomic E-state index is 0.0707. The van der Waals surface area contributed by atoms with Crippen LogP contribution in [0.2, 0.25) is 0 Å². The number of hydrogen-bond donors (Lipinski definition) is 9. The number of nitrogens with one attached hydrogen (secondary N) is 6. The fourth-order valence-electron chi connectivity index (χ4n) is 13.8. The van der Waals surface area contributed by atoms with Gasteiger partial charge in [-0.1, -0.05) is 102 Å². The molecule has 0 radical (unpaired) electrons. The predicted molar refractivity (Wildman–Crippen MR) is 442 cm³/mol. The molecule has 26 nitrogen and oxygen atoms in total. The Morgan fingerprint density at radius 3 is 1.43 bits per heavy atom. The number of nitrogens with zero attached hydrogens (tertiary/aromatic N) is 8. The van der Waals surface area contributed by atoms with Gasteiger partial charge in [-0.2, -0.15) is 0 Å². The van der Waals surface area contributed by atoms with E-state index in [1.807, 2.05) is 165 Å². The van der Waals surface area contributed by atoms with Gasteiger partial charge in [0.1, 0.15) is 36.8 Å². The number of benzene rings is 5. The number of aromatic nitrogens is 3. The first-order chi connectivity index (χ1) is 53.0. The van der Waals surface area contributed by atoms with Crippen molar-refractivity contribution in [2.75, 3.05) is 112 Å². The number of carbonyl (C=O) groups excluding carboxylic acids is 6. The normalized spacial score (nSPS) is 16.5. The van der Waals surface area contributed by atoms with Gasteiger partial charge in [-0.3, -0.25) is 24.5 Å². The summed E-state index contributed by atoms with van der Waals surface area (Å²) in [5.74, 6) is -1.17. The van der Waals surface area contributed by atoms with Gasteiger partial charge in [0.05, 0.1) is 68.0 Å². The molecule has 6 saturated heterocycles. The van der Waals surface area contributed by atoms with Gasteiger partial charge < -0.3 is 77.1 Å². The number of ether oxygens (including phenoxy) is 2. The number of esters is 1. The van der Waals surface area contributed by atoms with E-state index in [1.165, 1.54) is 46.4 Å². The Labute approximate surface area is 665 Å². The third-order valence-electron chi connectivity index (χ3n) is 19.3. The molecule has 6 aliphatic heterocycles. The van der Waals surface area contributed by atoms with Crippen LogP contribution in [0.4, 0.5) is 54.9 Å². The molecule has 32 heteroatoms. The second-order valence-electron chi connectivity index (χ2n) is 27.3. The average molecular weight is 1650 g/mol. The molecule has 0 saturated carbocycles. The highest BCUT2D eigenvalue weighted by Crippen LogP contribution is 2.42. The van der Waals surface area contributed by atoms with E-state index in [2.05, 4.69) is 99.4 Å². The van der Waals surface area contributed by atoms with Crippen molar-refractivity contribution in [1.82, 2.24) is 36.2 Å². The number of carboxylic acids is 1. The van der Waals surface area contributed by atoms with E-state index in [0.29, 0.717) is 120 Å². The summed E-state index contributed by atoms with van der Waals surface area (Å²) in [6.07, 6.45) is 8.47. The number of carbonyl (C=O) groups is 7. The van der Waals surface area contributed by atoms with Crippen LogP contribution >= 0.6 is 72.6 Å². The van der Waals surface area contributed by atoms with Crippen LogP contribution in [-0.2, 0) is 23.9 Å². The van der Waals surface area contributed by atoms with Crippen LogP contribution in [0.1, 0.15) is 95.2 Å². The predicted octanol–water partition coefficient (Wildman–Crippen LogP) is 13.5. The van der Waals surface area contributed by atoms with Crippen LogP contribution in [0, 0.1) is 0 Å². The maximum atomic E-state index is 13.0. The number of carboxylic acid groups (broad SMARTS) is 1. The molecule has 0 atom stereocenters. The summed E-state index contributed by atoms with van der Waals surface area (Å²) >= 11 is 10.2. The number of nitrogen functional groups attached to an aromatic ring is 2. The van der Waals surface area contributed by atoms with Crippen molar-refractivity contribution in [3.05, 3.63) is 200 Å².